The highest BCUT2D eigenvalue weighted by atomic mass is 35.5. The first-order valence-electron chi connectivity index (χ1n) is 7.52. The average Bonchev–Trinajstić information content (AvgIpc) is 2.96. The van der Waals surface area contributed by atoms with Crippen molar-refractivity contribution in [2.45, 2.75) is 25.3 Å². The minimum atomic E-state index is 0.0118. The number of nitrogens with one attached hydrogen (secondary N) is 2. The van der Waals surface area contributed by atoms with E-state index in [-0.39, 0.29) is 18.4 Å². The normalized spacial score (nSPS) is 17.9. The lowest BCUT2D eigenvalue weighted by molar-refractivity contribution is -0.121. The van der Waals surface area contributed by atoms with E-state index in [2.05, 4.69) is 15.6 Å². The van der Waals surface area contributed by atoms with E-state index in [1.54, 1.807) is 12.1 Å². The molecule has 1 aromatic heterocycles. The number of benzene rings is 1. The van der Waals surface area contributed by atoms with Gasteiger partial charge in [-0.25, -0.2) is 4.98 Å². The molecule has 1 atom stereocenters. The minimum Gasteiger partial charge on any atom is -0.352 e. The van der Waals surface area contributed by atoms with Crippen LogP contribution >= 0.6 is 34.5 Å². The Morgan fingerprint density at radius 3 is 3.04 bits per heavy atom. The molecule has 1 aromatic carbocycles. The first-order valence-corrected chi connectivity index (χ1v) is 9.15. The number of carbonyl (C=O) groups excluding carboxylic acids is 1. The van der Waals surface area contributed by atoms with Crippen molar-refractivity contribution >= 4 is 40.4 Å². The second kappa shape index (κ2) is 7.62. The molecular formula is C16H17Cl2N3OS. The number of halogens is 2. The number of hydrogen-bond donors (Lipinski definition) is 2. The third-order valence-corrected chi connectivity index (χ3v) is 5.19. The van der Waals surface area contributed by atoms with E-state index in [1.807, 2.05) is 11.4 Å². The van der Waals surface area contributed by atoms with Gasteiger partial charge in [0.2, 0.25) is 5.91 Å². The number of hydrogen-bond acceptors (Lipinski definition) is 4. The van der Waals surface area contributed by atoms with E-state index in [0.29, 0.717) is 10.0 Å². The molecule has 1 amide bonds. The molecule has 0 aliphatic carbocycles. The van der Waals surface area contributed by atoms with Gasteiger partial charge in [-0.1, -0.05) is 23.2 Å². The van der Waals surface area contributed by atoms with E-state index >= 15 is 0 Å². The van der Waals surface area contributed by atoms with Gasteiger partial charge in [-0.15, -0.1) is 11.3 Å². The molecule has 0 bridgehead atoms. The Bertz CT molecular complexity index is 698. The Labute approximate surface area is 149 Å². The van der Waals surface area contributed by atoms with Crippen LogP contribution in [0.15, 0.2) is 23.6 Å². The average molecular weight is 370 g/mol. The monoisotopic (exact) mass is 369 g/mol. The molecule has 23 heavy (non-hydrogen) atoms. The Morgan fingerprint density at radius 2 is 2.30 bits per heavy atom. The van der Waals surface area contributed by atoms with Crippen molar-refractivity contribution in [2.75, 3.05) is 13.1 Å². The van der Waals surface area contributed by atoms with Crippen LogP contribution in [0.25, 0.3) is 10.6 Å². The maximum atomic E-state index is 12.1. The van der Waals surface area contributed by atoms with Gasteiger partial charge in [0.05, 0.1) is 17.1 Å². The maximum absolute atomic E-state index is 12.1. The molecule has 2 aromatic rings. The largest absolute Gasteiger partial charge is 0.352 e. The maximum Gasteiger partial charge on any atom is 0.226 e. The number of aromatic nitrogens is 1. The fourth-order valence-corrected chi connectivity index (χ4v) is 4.01. The zero-order valence-electron chi connectivity index (χ0n) is 12.4. The van der Waals surface area contributed by atoms with Gasteiger partial charge in [-0.2, -0.15) is 0 Å². The highest BCUT2D eigenvalue weighted by molar-refractivity contribution is 7.13. The topological polar surface area (TPSA) is 54.0 Å². The van der Waals surface area contributed by atoms with Crippen LogP contribution in [-0.4, -0.2) is 30.0 Å². The van der Waals surface area contributed by atoms with Crippen LogP contribution < -0.4 is 10.6 Å². The molecule has 1 unspecified atom stereocenters. The standard InChI is InChI=1S/C16H17Cl2N3OS/c17-10-3-4-13(14(18)6-10)16-21-12(9-23-16)7-15(22)20-11-2-1-5-19-8-11/h3-4,6,9,11,19H,1-2,5,7-8H2,(H,20,22). The predicted molar refractivity (Wildman–Crippen MR) is 95.3 cm³/mol. The molecule has 122 valence electrons. The zero-order chi connectivity index (χ0) is 16.2. The number of thiazole rings is 1. The molecular weight excluding hydrogens is 353 g/mol. The van der Waals surface area contributed by atoms with E-state index < -0.39 is 0 Å². The van der Waals surface area contributed by atoms with Crippen molar-refractivity contribution in [1.29, 1.82) is 0 Å². The summed E-state index contributed by atoms with van der Waals surface area (Å²) < 4.78 is 0. The third kappa shape index (κ3) is 4.44. The SMILES string of the molecule is O=C(Cc1csc(-c2ccc(Cl)cc2Cl)n1)NC1CCCNC1. The van der Waals surface area contributed by atoms with Crippen LogP contribution in [-0.2, 0) is 11.2 Å². The number of amides is 1. The minimum absolute atomic E-state index is 0.0118. The molecule has 1 fully saturated rings. The predicted octanol–water partition coefficient (Wildman–Crippen LogP) is 3.53. The quantitative estimate of drug-likeness (QED) is 0.866. The Balaban J connectivity index is 1.63. The summed E-state index contributed by atoms with van der Waals surface area (Å²) in [6.45, 7) is 1.87. The van der Waals surface area contributed by atoms with Crippen molar-refractivity contribution in [2.24, 2.45) is 0 Å². The van der Waals surface area contributed by atoms with E-state index in [0.717, 1.165) is 42.2 Å². The zero-order valence-corrected chi connectivity index (χ0v) is 14.8. The highest BCUT2D eigenvalue weighted by Crippen LogP contribution is 2.32. The van der Waals surface area contributed by atoms with Crippen LogP contribution in [0.1, 0.15) is 18.5 Å². The summed E-state index contributed by atoms with van der Waals surface area (Å²) in [5.41, 5.74) is 1.60. The lowest BCUT2D eigenvalue weighted by Crippen LogP contribution is -2.46. The summed E-state index contributed by atoms with van der Waals surface area (Å²) >= 11 is 13.6. The van der Waals surface area contributed by atoms with Gasteiger partial charge in [0.1, 0.15) is 5.01 Å². The van der Waals surface area contributed by atoms with Crippen molar-refractivity contribution in [1.82, 2.24) is 15.6 Å². The van der Waals surface area contributed by atoms with Crippen LogP contribution in [0.2, 0.25) is 10.0 Å². The van der Waals surface area contributed by atoms with Crippen LogP contribution in [0.3, 0.4) is 0 Å². The Morgan fingerprint density at radius 1 is 1.43 bits per heavy atom. The summed E-state index contributed by atoms with van der Waals surface area (Å²) in [4.78, 5) is 16.6. The molecule has 3 rings (SSSR count). The van der Waals surface area contributed by atoms with E-state index in [4.69, 9.17) is 23.2 Å². The molecule has 0 radical (unpaired) electrons. The molecule has 7 heteroatoms. The van der Waals surface area contributed by atoms with Crippen LogP contribution in [0.5, 0.6) is 0 Å². The number of carbonyl (C=O) groups is 1. The van der Waals surface area contributed by atoms with Gasteiger partial charge in [-0.3, -0.25) is 4.79 Å². The summed E-state index contributed by atoms with van der Waals surface area (Å²) in [6, 6.07) is 5.55. The molecule has 0 spiro atoms. The Kier molecular flexibility index (Phi) is 5.54. The summed E-state index contributed by atoms with van der Waals surface area (Å²) in [6.07, 6.45) is 2.42. The number of rotatable bonds is 4. The first-order chi connectivity index (χ1) is 11.1. The van der Waals surface area contributed by atoms with Crippen molar-refractivity contribution < 1.29 is 4.79 Å². The van der Waals surface area contributed by atoms with Crippen LogP contribution in [0.4, 0.5) is 0 Å². The van der Waals surface area contributed by atoms with Crippen molar-refractivity contribution in [3.8, 4) is 10.6 Å². The lowest BCUT2D eigenvalue weighted by atomic mass is 10.1. The van der Waals surface area contributed by atoms with E-state index in [1.165, 1.54) is 11.3 Å². The van der Waals surface area contributed by atoms with E-state index in [9.17, 15) is 4.79 Å². The fourth-order valence-electron chi connectivity index (χ4n) is 2.59. The first kappa shape index (κ1) is 16.7. The van der Waals surface area contributed by atoms with Gasteiger partial charge in [-0.05, 0) is 37.6 Å². The second-order valence-electron chi connectivity index (χ2n) is 5.56. The molecule has 1 aliphatic rings. The smallest absolute Gasteiger partial charge is 0.226 e. The summed E-state index contributed by atoms with van der Waals surface area (Å²) in [5, 5.41) is 10.2. The molecule has 1 aliphatic heterocycles. The summed E-state index contributed by atoms with van der Waals surface area (Å²) in [5.74, 6) is 0.0118. The molecule has 2 heterocycles. The number of nitrogens with zero attached hydrogens (tertiary/aromatic N) is 1. The number of piperidine rings is 1. The second-order valence-corrected chi connectivity index (χ2v) is 7.26. The van der Waals surface area contributed by atoms with Crippen molar-refractivity contribution in [3.05, 3.63) is 39.3 Å². The summed E-state index contributed by atoms with van der Waals surface area (Å²) in [7, 11) is 0. The Hall–Kier alpha value is -1.14. The van der Waals surface area contributed by atoms with Gasteiger partial charge in [0, 0.05) is 28.6 Å². The third-order valence-electron chi connectivity index (χ3n) is 3.72. The van der Waals surface area contributed by atoms with Gasteiger partial charge in [0.15, 0.2) is 0 Å². The molecule has 1 saturated heterocycles. The van der Waals surface area contributed by atoms with Gasteiger partial charge < -0.3 is 10.6 Å². The van der Waals surface area contributed by atoms with Crippen LogP contribution in [0, 0.1) is 0 Å². The molecule has 2 N–H and O–H groups in total. The fraction of sp³-hybridized carbons (Fsp3) is 0.375. The van der Waals surface area contributed by atoms with Gasteiger partial charge in [0.25, 0.3) is 0 Å². The molecule has 0 saturated carbocycles. The molecule has 4 nitrogen and oxygen atoms in total. The highest BCUT2D eigenvalue weighted by Gasteiger charge is 2.17. The van der Waals surface area contributed by atoms with Crippen molar-refractivity contribution in [3.63, 3.8) is 0 Å². The lowest BCUT2D eigenvalue weighted by Gasteiger charge is -2.23. The van der Waals surface area contributed by atoms with Gasteiger partial charge >= 0.3 is 0 Å².